The van der Waals surface area contributed by atoms with Gasteiger partial charge in [-0.15, -0.1) is 0 Å². The minimum absolute atomic E-state index is 0.165. The molecule has 1 saturated carbocycles. The summed E-state index contributed by atoms with van der Waals surface area (Å²) in [7, 11) is 0. The van der Waals surface area contributed by atoms with E-state index in [4.69, 9.17) is 4.74 Å². The molecule has 1 aliphatic heterocycles. The molecule has 37 heavy (non-hydrogen) atoms. The Kier molecular flexibility index (Phi) is 7.07. The first-order valence-corrected chi connectivity index (χ1v) is 13.2. The van der Waals surface area contributed by atoms with Gasteiger partial charge in [0.2, 0.25) is 0 Å². The monoisotopic (exact) mass is 499 g/mol. The van der Waals surface area contributed by atoms with Crippen LogP contribution in [0, 0.1) is 0 Å². The van der Waals surface area contributed by atoms with Crippen molar-refractivity contribution >= 4 is 0 Å². The highest BCUT2D eigenvalue weighted by atomic mass is 16.5. The van der Waals surface area contributed by atoms with Crippen molar-refractivity contribution in [3.63, 3.8) is 0 Å². The summed E-state index contributed by atoms with van der Waals surface area (Å²) in [6.07, 6.45) is 15.1. The second kappa shape index (κ2) is 10.9. The van der Waals surface area contributed by atoms with E-state index in [1.165, 1.54) is 0 Å². The van der Waals surface area contributed by atoms with Crippen LogP contribution in [0.25, 0.3) is 33.6 Å². The lowest BCUT2D eigenvalue weighted by Crippen LogP contribution is -2.38. The van der Waals surface area contributed by atoms with Gasteiger partial charge in [-0.3, -0.25) is 14.3 Å². The second-order valence-electron chi connectivity index (χ2n) is 9.99. The van der Waals surface area contributed by atoms with Gasteiger partial charge in [-0.1, -0.05) is 18.2 Å². The molecule has 0 amide bonds. The Bertz CT molecular complexity index is 1300. The van der Waals surface area contributed by atoms with Crippen molar-refractivity contribution in [1.29, 1.82) is 0 Å². The van der Waals surface area contributed by atoms with Crippen LogP contribution in [0.1, 0.15) is 31.7 Å². The third-order valence-electron chi connectivity index (χ3n) is 7.46. The molecule has 1 aliphatic carbocycles. The van der Waals surface area contributed by atoms with E-state index in [1.807, 2.05) is 46.3 Å². The Morgan fingerprint density at radius 1 is 0.784 bits per heavy atom. The van der Waals surface area contributed by atoms with E-state index >= 15 is 0 Å². The lowest BCUT2D eigenvalue weighted by Gasteiger charge is -2.26. The summed E-state index contributed by atoms with van der Waals surface area (Å²) in [5.74, 6) is 0.693. The van der Waals surface area contributed by atoms with Crippen LogP contribution in [-0.4, -0.2) is 78.5 Å². The molecule has 192 valence electrons. The average molecular weight is 500 g/mol. The minimum atomic E-state index is -0.165. The lowest BCUT2D eigenvalue weighted by molar-refractivity contribution is 0.0360. The van der Waals surface area contributed by atoms with Crippen molar-refractivity contribution in [3.8, 4) is 33.6 Å². The number of aromatic nitrogens is 6. The Balaban J connectivity index is 1.12. The molecule has 2 aliphatic rings. The molecular formula is C28H33N7O2. The van der Waals surface area contributed by atoms with Crippen LogP contribution in [-0.2, 0) is 11.3 Å². The lowest BCUT2D eigenvalue weighted by atomic mass is 9.93. The highest BCUT2D eigenvalue weighted by Gasteiger charge is 2.21. The van der Waals surface area contributed by atoms with E-state index in [1.54, 1.807) is 0 Å². The van der Waals surface area contributed by atoms with Gasteiger partial charge >= 0.3 is 0 Å². The van der Waals surface area contributed by atoms with Gasteiger partial charge in [-0.2, -0.15) is 10.2 Å². The molecule has 0 atom stereocenters. The van der Waals surface area contributed by atoms with Crippen LogP contribution in [0.15, 0.2) is 61.4 Å². The highest BCUT2D eigenvalue weighted by molar-refractivity contribution is 5.70. The Morgan fingerprint density at radius 2 is 1.51 bits per heavy atom. The van der Waals surface area contributed by atoms with Crippen LogP contribution >= 0.6 is 0 Å². The first-order chi connectivity index (χ1) is 18.2. The maximum absolute atomic E-state index is 9.77. The van der Waals surface area contributed by atoms with Crippen molar-refractivity contribution in [1.82, 2.24) is 34.4 Å². The first kappa shape index (κ1) is 24.0. The largest absolute Gasteiger partial charge is 0.393 e. The molecule has 4 heterocycles. The molecule has 9 heteroatoms. The van der Waals surface area contributed by atoms with E-state index < -0.39 is 0 Å². The summed E-state index contributed by atoms with van der Waals surface area (Å²) in [5.41, 5.74) is 5.12. The van der Waals surface area contributed by atoms with E-state index in [9.17, 15) is 5.11 Å². The number of aliphatic hydroxyl groups is 1. The summed E-state index contributed by atoms with van der Waals surface area (Å²) >= 11 is 0. The Hall–Kier alpha value is -3.40. The van der Waals surface area contributed by atoms with Crippen molar-refractivity contribution in [2.75, 3.05) is 32.8 Å². The van der Waals surface area contributed by atoms with Gasteiger partial charge in [0.25, 0.3) is 0 Å². The number of benzene rings is 1. The molecule has 1 N–H and O–H groups in total. The van der Waals surface area contributed by atoms with Crippen LogP contribution in [0.5, 0.6) is 0 Å². The van der Waals surface area contributed by atoms with Crippen molar-refractivity contribution in [2.45, 2.75) is 44.4 Å². The highest BCUT2D eigenvalue weighted by Crippen LogP contribution is 2.30. The number of hydrogen-bond acceptors (Lipinski definition) is 7. The zero-order valence-electron chi connectivity index (χ0n) is 21.0. The molecule has 9 nitrogen and oxygen atoms in total. The standard InChI is InChI=1S/C28H33N7O2/c36-27-6-4-26(5-7-27)35-20-25(18-32-35)23-15-29-28(30-16-23)22-3-1-2-21(14-22)24-17-31-34(19-24)9-8-33-10-12-37-13-11-33/h1-3,14-20,26-27,36H,4-13H2. The van der Waals surface area contributed by atoms with Gasteiger partial charge < -0.3 is 9.84 Å². The Labute approximate surface area is 216 Å². The third kappa shape index (κ3) is 5.64. The topological polar surface area (TPSA) is 94.1 Å². The number of ether oxygens (including phenoxy) is 1. The molecule has 4 aromatic rings. The number of nitrogens with zero attached hydrogens (tertiary/aromatic N) is 7. The smallest absolute Gasteiger partial charge is 0.159 e. The number of aliphatic hydroxyl groups excluding tert-OH is 1. The summed E-state index contributed by atoms with van der Waals surface area (Å²) in [5, 5.41) is 18.9. The zero-order chi connectivity index (χ0) is 25.0. The fourth-order valence-electron chi connectivity index (χ4n) is 5.18. The van der Waals surface area contributed by atoms with Crippen molar-refractivity contribution in [2.24, 2.45) is 0 Å². The van der Waals surface area contributed by atoms with Crippen molar-refractivity contribution in [3.05, 3.63) is 61.4 Å². The molecule has 2 fully saturated rings. The summed E-state index contributed by atoms with van der Waals surface area (Å²) in [6.45, 7) is 5.45. The second-order valence-corrected chi connectivity index (χ2v) is 9.99. The van der Waals surface area contributed by atoms with Crippen LogP contribution < -0.4 is 0 Å². The van der Waals surface area contributed by atoms with E-state index in [2.05, 4.69) is 49.6 Å². The molecule has 0 bridgehead atoms. The molecule has 3 aromatic heterocycles. The van der Waals surface area contributed by atoms with Crippen molar-refractivity contribution < 1.29 is 9.84 Å². The molecule has 0 unspecified atom stereocenters. The van der Waals surface area contributed by atoms with Crippen LogP contribution in [0.4, 0.5) is 0 Å². The fraction of sp³-hybridized carbons (Fsp3) is 0.429. The quantitative estimate of drug-likeness (QED) is 0.415. The predicted molar refractivity (Wildman–Crippen MR) is 141 cm³/mol. The minimum Gasteiger partial charge on any atom is -0.393 e. The van der Waals surface area contributed by atoms with Gasteiger partial charge in [0.05, 0.1) is 44.3 Å². The van der Waals surface area contributed by atoms with Crippen LogP contribution in [0.3, 0.4) is 0 Å². The number of rotatable bonds is 7. The molecule has 0 radical (unpaired) electrons. The zero-order valence-corrected chi connectivity index (χ0v) is 21.0. The van der Waals surface area contributed by atoms with Gasteiger partial charge in [0.1, 0.15) is 0 Å². The van der Waals surface area contributed by atoms with Gasteiger partial charge in [0.15, 0.2) is 5.82 Å². The molecule has 1 saturated heterocycles. The normalized spacial score (nSPS) is 20.8. The van der Waals surface area contributed by atoms with Gasteiger partial charge in [-0.25, -0.2) is 9.97 Å². The summed E-state index contributed by atoms with van der Waals surface area (Å²) in [4.78, 5) is 11.7. The maximum atomic E-state index is 9.77. The van der Waals surface area contributed by atoms with E-state index in [0.717, 1.165) is 92.9 Å². The molecule has 0 spiro atoms. The summed E-state index contributed by atoms with van der Waals surface area (Å²) in [6, 6.07) is 8.65. The average Bonchev–Trinajstić information content (AvgIpc) is 3.64. The number of morpholine rings is 1. The third-order valence-corrected chi connectivity index (χ3v) is 7.46. The Morgan fingerprint density at radius 3 is 2.32 bits per heavy atom. The molecular weight excluding hydrogens is 466 g/mol. The van der Waals surface area contributed by atoms with E-state index in [0.29, 0.717) is 11.9 Å². The molecule has 6 rings (SSSR count). The number of hydrogen-bond donors (Lipinski definition) is 1. The van der Waals surface area contributed by atoms with Crippen LogP contribution in [0.2, 0.25) is 0 Å². The van der Waals surface area contributed by atoms with Gasteiger partial charge in [-0.05, 0) is 37.3 Å². The molecule has 1 aromatic carbocycles. The van der Waals surface area contributed by atoms with E-state index in [-0.39, 0.29) is 6.10 Å². The maximum Gasteiger partial charge on any atom is 0.159 e. The summed E-state index contributed by atoms with van der Waals surface area (Å²) < 4.78 is 9.47. The fourth-order valence-corrected chi connectivity index (χ4v) is 5.18. The predicted octanol–water partition coefficient (Wildman–Crippen LogP) is 3.68. The van der Waals surface area contributed by atoms with Gasteiger partial charge in [0, 0.05) is 66.7 Å². The first-order valence-electron chi connectivity index (χ1n) is 13.2. The SMILES string of the molecule is OC1CCC(n2cc(-c3cnc(-c4cccc(-c5cnn(CCN6CCOCC6)c5)c4)nc3)cn2)CC1.